The Morgan fingerprint density at radius 2 is 1.94 bits per heavy atom. The number of halogens is 2. The highest BCUT2D eigenvalue weighted by Gasteiger charge is 2.36. The molecule has 1 aromatic carbocycles. The first-order valence-electron chi connectivity index (χ1n) is 4.54. The van der Waals surface area contributed by atoms with Gasteiger partial charge in [-0.1, -0.05) is 15.9 Å². The highest BCUT2D eigenvalue weighted by atomic mass is 79.9. The summed E-state index contributed by atoms with van der Waals surface area (Å²) < 4.78 is 26.7. The summed E-state index contributed by atoms with van der Waals surface area (Å²) in [5, 5.41) is 9.12. The first-order chi connectivity index (χ1) is 7.41. The Bertz CT molecular complexity index is 511. The molecule has 88 valence electrons. The second-order valence-electron chi connectivity index (χ2n) is 3.55. The van der Waals surface area contributed by atoms with Gasteiger partial charge in [-0.05, 0) is 34.1 Å². The van der Waals surface area contributed by atoms with Gasteiger partial charge in [-0.3, -0.25) is 0 Å². The average Bonchev–Trinajstić information content (AvgIpc) is 2.12. The number of rotatable bonds is 2. The molecule has 1 aromatic rings. The Balaban J connectivity index is 2.36. The van der Waals surface area contributed by atoms with Crippen molar-refractivity contribution in [2.24, 2.45) is 0 Å². The van der Waals surface area contributed by atoms with E-state index in [1.807, 2.05) is 0 Å². The van der Waals surface area contributed by atoms with E-state index in [0.29, 0.717) is 4.47 Å². The molecular weight excluding hydrogens is 362 g/mol. The van der Waals surface area contributed by atoms with E-state index in [9.17, 15) is 8.42 Å². The van der Waals surface area contributed by atoms with Gasteiger partial charge >= 0.3 is 0 Å². The quantitative estimate of drug-likeness (QED) is 0.859. The molecule has 16 heavy (non-hydrogen) atoms. The zero-order chi connectivity index (χ0) is 11.9. The normalized spacial score (nSPS) is 18.4. The second kappa shape index (κ2) is 4.38. The lowest BCUT2D eigenvalue weighted by Gasteiger charge is -2.34. The van der Waals surface area contributed by atoms with E-state index >= 15 is 0 Å². The molecule has 0 aromatic heterocycles. The lowest BCUT2D eigenvalue weighted by molar-refractivity contribution is 0.0547. The first kappa shape index (κ1) is 12.5. The van der Waals surface area contributed by atoms with E-state index in [0.717, 1.165) is 4.47 Å². The highest BCUT2D eigenvalue weighted by Crippen LogP contribution is 2.30. The molecule has 0 saturated carbocycles. The third-order valence-corrected chi connectivity index (χ3v) is 5.64. The number of sulfonamides is 1. The zero-order valence-electron chi connectivity index (χ0n) is 8.10. The minimum absolute atomic E-state index is 0.171. The number of β-amino-alcohol motifs (C(OH)–C–C–N with tert-alkyl or cyclic N) is 1. The van der Waals surface area contributed by atoms with Crippen molar-refractivity contribution in [3.05, 3.63) is 27.1 Å². The van der Waals surface area contributed by atoms with Crippen molar-refractivity contribution in [1.82, 2.24) is 4.31 Å². The molecule has 7 heteroatoms. The summed E-state index contributed by atoms with van der Waals surface area (Å²) >= 11 is 6.48. The van der Waals surface area contributed by atoms with E-state index < -0.39 is 16.1 Å². The molecule has 0 aliphatic carbocycles. The summed E-state index contributed by atoms with van der Waals surface area (Å²) in [6.45, 7) is 0.343. The number of hydrogen-bond donors (Lipinski definition) is 1. The average molecular weight is 371 g/mol. The highest BCUT2D eigenvalue weighted by molar-refractivity contribution is 9.11. The Hall–Kier alpha value is 0.0500. The first-order valence-corrected chi connectivity index (χ1v) is 7.57. The molecule has 0 unspecified atom stereocenters. The number of aliphatic hydroxyl groups excluding tert-OH is 1. The van der Waals surface area contributed by atoms with Gasteiger partial charge in [0.15, 0.2) is 0 Å². The van der Waals surface area contributed by atoms with Crippen LogP contribution in [0.15, 0.2) is 32.0 Å². The molecule has 1 heterocycles. The number of benzene rings is 1. The van der Waals surface area contributed by atoms with Crippen LogP contribution in [0.3, 0.4) is 0 Å². The smallest absolute Gasteiger partial charge is 0.244 e. The summed E-state index contributed by atoms with van der Waals surface area (Å²) in [6, 6.07) is 4.89. The van der Waals surface area contributed by atoms with Gasteiger partial charge in [0.1, 0.15) is 0 Å². The van der Waals surface area contributed by atoms with E-state index in [4.69, 9.17) is 5.11 Å². The van der Waals surface area contributed by atoms with Gasteiger partial charge in [-0.2, -0.15) is 4.31 Å². The van der Waals surface area contributed by atoms with Crippen LogP contribution in [0.5, 0.6) is 0 Å². The van der Waals surface area contributed by atoms with Crippen LogP contribution < -0.4 is 0 Å². The zero-order valence-corrected chi connectivity index (χ0v) is 12.1. The van der Waals surface area contributed by atoms with Crippen molar-refractivity contribution < 1.29 is 13.5 Å². The van der Waals surface area contributed by atoms with Gasteiger partial charge in [0, 0.05) is 22.0 Å². The van der Waals surface area contributed by atoms with Crippen LogP contribution >= 0.6 is 31.9 Å². The number of hydrogen-bond acceptors (Lipinski definition) is 3. The Morgan fingerprint density at radius 1 is 1.31 bits per heavy atom. The van der Waals surface area contributed by atoms with Crippen molar-refractivity contribution in [3.8, 4) is 0 Å². The lowest BCUT2D eigenvalue weighted by Crippen LogP contribution is -2.53. The monoisotopic (exact) mass is 369 g/mol. The van der Waals surface area contributed by atoms with Gasteiger partial charge < -0.3 is 5.11 Å². The SMILES string of the molecule is O=S(=O)(c1ccc(Br)cc1Br)N1CC(O)C1. The van der Waals surface area contributed by atoms with Crippen molar-refractivity contribution in [1.29, 1.82) is 0 Å². The molecule has 1 saturated heterocycles. The maximum Gasteiger partial charge on any atom is 0.244 e. The van der Waals surface area contributed by atoms with Gasteiger partial charge in [0.2, 0.25) is 10.0 Å². The third-order valence-electron chi connectivity index (χ3n) is 2.34. The van der Waals surface area contributed by atoms with E-state index in [2.05, 4.69) is 31.9 Å². The van der Waals surface area contributed by atoms with Crippen LogP contribution in [-0.4, -0.2) is 37.0 Å². The molecule has 1 fully saturated rings. The maximum atomic E-state index is 12.1. The van der Waals surface area contributed by atoms with E-state index in [-0.39, 0.29) is 18.0 Å². The minimum Gasteiger partial charge on any atom is -0.390 e. The Labute approximate surface area is 111 Å². The molecule has 0 bridgehead atoms. The van der Waals surface area contributed by atoms with Crippen molar-refractivity contribution in [2.75, 3.05) is 13.1 Å². The molecular formula is C9H9Br2NO3S. The van der Waals surface area contributed by atoms with Crippen LogP contribution in [0.25, 0.3) is 0 Å². The number of nitrogens with zero attached hydrogens (tertiary/aromatic N) is 1. The molecule has 1 aliphatic heterocycles. The fourth-order valence-electron chi connectivity index (χ4n) is 1.44. The Kier molecular flexibility index (Phi) is 3.42. The van der Waals surface area contributed by atoms with Crippen LogP contribution in [0.1, 0.15) is 0 Å². The summed E-state index contributed by atoms with van der Waals surface area (Å²) in [7, 11) is -3.48. The molecule has 0 radical (unpaired) electrons. The van der Waals surface area contributed by atoms with Gasteiger partial charge in [0.05, 0.1) is 11.0 Å². The standard InChI is InChI=1S/C9H9Br2NO3S/c10-6-1-2-9(8(11)3-6)16(14,15)12-4-7(13)5-12/h1-3,7,13H,4-5H2. The fourth-order valence-corrected chi connectivity index (χ4v) is 4.66. The summed E-state index contributed by atoms with van der Waals surface area (Å²) in [4.78, 5) is 0.225. The molecule has 4 nitrogen and oxygen atoms in total. The summed E-state index contributed by atoms with van der Waals surface area (Å²) in [5.74, 6) is 0. The lowest BCUT2D eigenvalue weighted by atomic mass is 10.2. The summed E-state index contributed by atoms with van der Waals surface area (Å²) in [6.07, 6.45) is -0.538. The predicted molar refractivity (Wildman–Crippen MR) is 66.6 cm³/mol. The third kappa shape index (κ3) is 2.19. The largest absolute Gasteiger partial charge is 0.390 e. The fraction of sp³-hybridized carbons (Fsp3) is 0.333. The van der Waals surface area contributed by atoms with Crippen LogP contribution in [0, 0.1) is 0 Å². The molecule has 2 rings (SSSR count). The van der Waals surface area contributed by atoms with Crippen molar-refractivity contribution in [2.45, 2.75) is 11.0 Å². The van der Waals surface area contributed by atoms with Gasteiger partial charge in [0.25, 0.3) is 0 Å². The second-order valence-corrected chi connectivity index (χ2v) is 7.23. The van der Waals surface area contributed by atoms with Crippen LogP contribution in [0.2, 0.25) is 0 Å². The van der Waals surface area contributed by atoms with E-state index in [1.54, 1.807) is 12.1 Å². The predicted octanol–water partition coefficient (Wildman–Crippen LogP) is 1.58. The molecule has 0 amide bonds. The molecule has 0 spiro atoms. The van der Waals surface area contributed by atoms with Gasteiger partial charge in [-0.25, -0.2) is 8.42 Å². The van der Waals surface area contributed by atoms with Crippen LogP contribution in [-0.2, 0) is 10.0 Å². The maximum absolute atomic E-state index is 12.1. The van der Waals surface area contributed by atoms with Crippen LogP contribution in [0.4, 0.5) is 0 Å². The summed E-state index contributed by atoms with van der Waals surface area (Å²) in [5.41, 5.74) is 0. The van der Waals surface area contributed by atoms with Gasteiger partial charge in [-0.15, -0.1) is 0 Å². The molecule has 1 N–H and O–H groups in total. The van der Waals surface area contributed by atoms with E-state index in [1.165, 1.54) is 10.4 Å². The van der Waals surface area contributed by atoms with Crippen molar-refractivity contribution >= 4 is 41.9 Å². The topological polar surface area (TPSA) is 57.6 Å². The number of aliphatic hydroxyl groups is 1. The van der Waals surface area contributed by atoms with Crippen molar-refractivity contribution in [3.63, 3.8) is 0 Å². The Morgan fingerprint density at radius 3 is 2.44 bits per heavy atom. The molecule has 0 atom stereocenters. The molecule has 1 aliphatic rings. The minimum atomic E-state index is -3.48.